The van der Waals surface area contributed by atoms with Crippen molar-refractivity contribution in [2.75, 3.05) is 0 Å². The molecule has 0 radical (unpaired) electrons. The Morgan fingerprint density at radius 1 is 1.47 bits per heavy atom. The molecule has 1 heterocycles. The SMILES string of the molecule is CCCCCC(=O)n1nccc1C(N)=O. The van der Waals surface area contributed by atoms with Gasteiger partial charge in [0.25, 0.3) is 5.91 Å². The van der Waals surface area contributed by atoms with Gasteiger partial charge >= 0.3 is 0 Å². The van der Waals surface area contributed by atoms with Crippen LogP contribution in [0.25, 0.3) is 0 Å². The van der Waals surface area contributed by atoms with Gasteiger partial charge in [-0.1, -0.05) is 19.8 Å². The molecular formula is C10H15N3O2. The van der Waals surface area contributed by atoms with Crippen molar-refractivity contribution in [2.45, 2.75) is 32.6 Å². The molecule has 15 heavy (non-hydrogen) atoms. The highest BCUT2D eigenvalue weighted by Crippen LogP contribution is 2.04. The molecule has 0 aliphatic heterocycles. The van der Waals surface area contributed by atoms with Crippen LogP contribution in [-0.2, 0) is 0 Å². The summed E-state index contributed by atoms with van der Waals surface area (Å²) in [7, 11) is 0. The van der Waals surface area contributed by atoms with Crippen LogP contribution in [0.15, 0.2) is 12.3 Å². The average molecular weight is 209 g/mol. The molecule has 0 spiro atoms. The standard InChI is InChI=1S/C10H15N3O2/c1-2-3-4-5-9(14)13-8(10(11)15)6-7-12-13/h6-7H,2-5H2,1H3,(H2,11,15). The first-order valence-electron chi connectivity index (χ1n) is 5.04. The summed E-state index contributed by atoms with van der Waals surface area (Å²) in [5.74, 6) is -0.807. The summed E-state index contributed by atoms with van der Waals surface area (Å²) in [6.45, 7) is 2.06. The van der Waals surface area contributed by atoms with Crippen molar-refractivity contribution in [1.82, 2.24) is 9.78 Å². The van der Waals surface area contributed by atoms with Gasteiger partial charge in [-0.25, -0.2) is 0 Å². The zero-order valence-electron chi connectivity index (χ0n) is 8.77. The van der Waals surface area contributed by atoms with Gasteiger partial charge in [0.15, 0.2) is 0 Å². The Morgan fingerprint density at radius 3 is 2.80 bits per heavy atom. The minimum absolute atomic E-state index is 0.150. The molecule has 0 unspecified atom stereocenters. The van der Waals surface area contributed by atoms with E-state index in [1.807, 2.05) is 0 Å². The largest absolute Gasteiger partial charge is 0.364 e. The van der Waals surface area contributed by atoms with Crippen molar-refractivity contribution in [3.63, 3.8) is 0 Å². The van der Waals surface area contributed by atoms with Gasteiger partial charge in [0, 0.05) is 6.42 Å². The summed E-state index contributed by atoms with van der Waals surface area (Å²) >= 11 is 0. The lowest BCUT2D eigenvalue weighted by Gasteiger charge is -2.02. The third kappa shape index (κ3) is 2.90. The lowest BCUT2D eigenvalue weighted by atomic mass is 10.2. The van der Waals surface area contributed by atoms with E-state index in [2.05, 4.69) is 12.0 Å². The second kappa shape index (κ2) is 5.29. The lowest BCUT2D eigenvalue weighted by molar-refractivity contribution is 0.0859. The summed E-state index contributed by atoms with van der Waals surface area (Å²) in [4.78, 5) is 22.5. The first-order chi connectivity index (χ1) is 7.16. The number of nitrogens with two attached hydrogens (primary N) is 1. The number of hydrogen-bond acceptors (Lipinski definition) is 3. The number of nitrogens with zero attached hydrogens (tertiary/aromatic N) is 2. The van der Waals surface area contributed by atoms with E-state index >= 15 is 0 Å². The summed E-state index contributed by atoms with van der Waals surface area (Å²) < 4.78 is 1.08. The maximum atomic E-state index is 11.6. The van der Waals surface area contributed by atoms with E-state index in [4.69, 9.17) is 5.73 Å². The van der Waals surface area contributed by atoms with Gasteiger partial charge in [0.2, 0.25) is 5.91 Å². The van der Waals surface area contributed by atoms with E-state index in [1.54, 1.807) is 0 Å². The molecule has 0 bridgehead atoms. The normalized spacial score (nSPS) is 10.2. The fourth-order valence-corrected chi connectivity index (χ4v) is 1.32. The van der Waals surface area contributed by atoms with Gasteiger partial charge in [-0.3, -0.25) is 9.59 Å². The van der Waals surface area contributed by atoms with E-state index in [-0.39, 0.29) is 11.6 Å². The number of primary amides is 1. The number of hydrogen-bond donors (Lipinski definition) is 1. The fraction of sp³-hybridized carbons (Fsp3) is 0.500. The Hall–Kier alpha value is -1.65. The van der Waals surface area contributed by atoms with Crippen LogP contribution >= 0.6 is 0 Å². The molecule has 0 saturated carbocycles. The van der Waals surface area contributed by atoms with Gasteiger partial charge in [0.05, 0.1) is 6.20 Å². The Labute approximate surface area is 88.3 Å². The van der Waals surface area contributed by atoms with E-state index in [9.17, 15) is 9.59 Å². The summed E-state index contributed by atoms with van der Waals surface area (Å²) in [5.41, 5.74) is 5.25. The van der Waals surface area contributed by atoms with Crippen LogP contribution in [0.3, 0.4) is 0 Å². The predicted molar refractivity (Wildman–Crippen MR) is 55.5 cm³/mol. The highest BCUT2D eigenvalue weighted by molar-refractivity contribution is 5.95. The van der Waals surface area contributed by atoms with Crippen LogP contribution in [0.1, 0.15) is 47.9 Å². The molecular weight excluding hydrogens is 194 g/mol. The second-order valence-corrected chi connectivity index (χ2v) is 3.34. The molecule has 0 atom stereocenters. The van der Waals surface area contributed by atoms with Crippen molar-refractivity contribution in [3.8, 4) is 0 Å². The van der Waals surface area contributed by atoms with Crippen LogP contribution in [0.4, 0.5) is 0 Å². The van der Waals surface area contributed by atoms with Gasteiger partial charge in [-0.2, -0.15) is 9.78 Å². The molecule has 0 aliphatic rings. The van der Waals surface area contributed by atoms with Crippen LogP contribution in [0.5, 0.6) is 0 Å². The van der Waals surface area contributed by atoms with E-state index < -0.39 is 5.91 Å². The summed E-state index contributed by atoms with van der Waals surface area (Å²) in [6.07, 6.45) is 4.66. The quantitative estimate of drug-likeness (QED) is 0.740. The van der Waals surface area contributed by atoms with Crippen LogP contribution in [-0.4, -0.2) is 21.6 Å². The average Bonchev–Trinajstić information content (AvgIpc) is 2.66. The number of rotatable bonds is 5. The zero-order chi connectivity index (χ0) is 11.3. The van der Waals surface area contributed by atoms with E-state index in [1.165, 1.54) is 12.3 Å². The topological polar surface area (TPSA) is 78.0 Å². The first kappa shape index (κ1) is 11.4. The monoisotopic (exact) mass is 209 g/mol. The molecule has 2 N–H and O–H groups in total. The van der Waals surface area contributed by atoms with Gasteiger partial charge in [-0.05, 0) is 12.5 Å². The molecule has 5 heteroatoms. The molecule has 82 valence electrons. The maximum Gasteiger partial charge on any atom is 0.267 e. The number of aromatic nitrogens is 2. The molecule has 1 aromatic heterocycles. The summed E-state index contributed by atoms with van der Waals surface area (Å²) in [5, 5.41) is 3.78. The number of unbranched alkanes of at least 4 members (excludes halogenated alkanes) is 2. The Balaban J connectivity index is 2.65. The molecule has 0 fully saturated rings. The third-order valence-electron chi connectivity index (χ3n) is 2.13. The van der Waals surface area contributed by atoms with E-state index in [0.29, 0.717) is 6.42 Å². The summed E-state index contributed by atoms with van der Waals surface area (Å²) in [6, 6.07) is 1.44. The fourth-order valence-electron chi connectivity index (χ4n) is 1.32. The molecule has 1 aromatic rings. The Morgan fingerprint density at radius 2 is 2.20 bits per heavy atom. The Bertz CT molecular complexity index is 357. The third-order valence-corrected chi connectivity index (χ3v) is 2.13. The highest BCUT2D eigenvalue weighted by atomic mass is 16.2. The van der Waals surface area contributed by atoms with Crippen LogP contribution < -0.4 is 5.73 Å². The van der Waals surface area contributed by atoms with Crippen molar-refractivity contribution in [3.05, 3.63) is 18.0 Å². The highest BCUT2D eigenvalue weighted by Gasteiger charge is 2.13. The van der Waals surface area contributed by atoms with Gasteiger partial charge < -0.3 is 5.73 Å². The molecule has 1 amide bonds. The maximum absolute atomic E-state index is 11.6. The molecule has 5 nitrogen and oxygen atoms in total. The molecule has 0 aliphatic carbocycles. The second-order valence-electron chi connectivity index (χ2n) is 3.34. The molecule has 1 rings (SSSR count). The first-order valence-corrected chi connectivity index (χ1v) is 5.04. The van der Waals surface area contributed by atoms with Crippen molar-refractivity contribution < 1.29 is 9.59 Å². The molecule has 0 aromatic carbocycles. The minimum Gasteiger partial charge on any atom is -0.364 e. The minimum atomic E-state index is -0.628. The van der Waals surface area contributed by atoms with E-state index in [0.717, 1.165) is 23.9 Å². The number of carbonyl (C=O) groups is 2. The molecule has 0 saturated heterocycles. The van der Waals surface area contributed by atoms with Crippen LogP contribution in [0.2, 0.25) is 0 Å². The smallest absolute Gasteiger partial charge is 0.267 e. The van der Waals surface area contributed by atoms with Gasteiger partial charge in [-0.15, -0.1) is 0 Å². The predicted octanol–water partition coefficient (Wildman–Crippen LogP) is 1.20. The zero-order valence-corrected chi connectivity index (χ0v) is 8.77. The van der Waals surface area contributed by atoms with Crippen molar-refractivity contribution >= 4 is 11.8 Å². The van der Waals surface area contributed by atoms with Crippen molar-refractivity contribution in [2.24, 2.45) is 5.73 Å². The van der Waals surface area contributed by atoms with Gasteiger partial charge in [0.1, 0.15) is 5.69 Å². The van der Waals surface area contributed by atoms with Crippen molar-refractivity contribution in [1.29, 1.82) is 0 Å². The van der Waals surface area contributed by atoms with Crippen LogP contribution in [0, 0.1) is 0 Å². The number of carbonyl (C=O) groups excluding carboxylic acids is 2. The lowest BCUT2D eigenvalue weighted by Crippen LogP contribution is -2.22. The Kier molecular flexibility index (Phi) is 4.03. The number of amides is 1.